The van der Waals surface area contributed by atoms with Crippen LogP contribution in [0.1, 0.15) is 6.92 Å². The molecule has 0 aliphatic rings. The fraction of sp³-hybridized carbons (Fsp3) is 0.833. The molecule has 0 aromatic rings. The number of hydrogen-bond donors (Lipinski definition) is 2. The van der Waals surface area contributed by atoms with E-state index >= 15 is 0 Å². The zero-order valence-corrected chi connectivity index (χ0v) is 7.15. The van der Waals surface area contributed by atoms with Crippen LogP contribution in [0.15, 0.2) is 0 Å². The maximum atomic E-state index is 10.9. The van der Waals surface area contributed by atoms with Gasteiger partial charge in [-0.25, -0.2) is 0 Å². The van der Waals surface area contributed by atoms with E-state index in [0.29, 0.717) is 12.4 Å². The van der Waals surface area contributed by atoms with Crippen molar-refractivity contribution in [2.75, 3.05) is 19.4 Å². The fourth-order valence-electron chi connectivity index (χ4n) is 0.527. The molecule has 0 heterocycles. The third-order valence-electron chi connectivity index (χ3n) is 1.10. The second-order valence-corrected chi connectivity index (χ2v) is 2.14. The van der Waals surface area contributed by atoms with Crippen molar-refractivity contribution in [2.24, 2.45) is 0 Å². The van der Waals surface area contributed by atoms with Gasteiger partial charge in [0.15, 0.2) is 0 Å². The summed E-state index contributed by atoms with van der Waals surface area (Å²) in [5.41, 5.74) is 0. The topological polar surface area (TPSA) is 38.3 Å². The number of ether oxygens (including phenoxy) is 1. The average molecular weight is 163 g/mol. The van der Waals surface area contributed by atoms with E-state index in [1.165, 1.54) is 0 Å². The Labute approximate surface area is 66.5 Å². The SMILES string of the molecule is CCOC(=O)[C@H](CS)NC. The normalized spacial score (nSPS) is 12.7. The van der Waals surface area contributed by atoms with Crippen LogP contribution in [-0.4, -0.2) is 31.4 Å². The summed E-state index contributed by atoms with van der Waals surface area (Å²) in [6.45, 7) is 2.20. The molecule has 60 valence electrons. The molecule has 0 aliphatic heterocycles. The molecule has 4 heteroatoms. The van der Waals surface area contributed by atoms with Gasteiger partial charge in [-0.2, -0.15) is 12.6 Å². The molecule has 0 saturated heterocycles. The molecule has 0 unspecified atom stereocenters. The zero-order chi connectivity index (χ0) is 7.98. The quantitative estimate of drug-likeness (QED) is 0.455. The van der Waals surface area contributed by atoms with E-state index in [-0.39, 0.29) is 12.0 Å². The third-order valence-corrected chi connectivity index (χ3v) is 1.47. The summed E-state index contributed by atoms with van der Waals surface area (Å²) in [6.07, 6.45) is 0. The summed E-state index contributed by atoms with van der Waals surface area (Å²) in [5, 5.41) is 2.79. The van der Waals surface area contributed by atoms with E-state index in [4.69, 9.17) is 4.74 Å². The highest BCUT2D eigenvalue weighted by Crippen LogP contribution is 1.90. The number of nitrogens with one attached hydrogen (secondary N) is 1. The summed E-state index contributed by atoms with van der Waals surface area (Å²) in [5.74, 6) is 0.231. The first-order chi connectivity index (χ1) is 4.76. The minimum absolute atomic E-state index is 0.236. The van der Waals surface area contributed by atoms with E-state index in [0.717, 1.165) is 0 Å². The molecule has 1 atom stereocenters. The Kier molecular flexibility index (Phi) is 5.43. The molecule has 3 nitrogen and oxygen atoms in total. The molecule has 0 saturated carbocycles. The lowest BCUT2D eigenvalue weighted by Gasteiger charge is -2.10. The Morgan fingerprint density at radius 3 is 2.70 bits per heavy atom. The van der Waals surface area contributed by atoms with Crippen LogP contribution in [0.3, 0.4) is 0 Å². The van der Waals surface area contributed by atoms with Crippen LogP contribution in [0, 0.1) is 0 Å². The lowest BCUT2D eigenvalue weighted by atomic mass is 10.3. The van der Waals surface area contributed by atoms with Gasteiger partial charge in [-0.3, -0.25) is 4.79 Å². The molecule has 10 heavy (non-hydrogen) atoms. The van der Waals surface area contributed by atoms with Crippen molar-refractivity contribution in [2.45, 2.75) is 13.0 Å². The number of rotatable bonds is 4. The van der Waals surface area contributed by atoms with Gasteiger partial charge >= 0.3 is 5.97 Å². The van der Waals surface area contributed by atoms with Crippen LogP contribution in [0.25, 0.3) is 0 Å². The monoisotopic (exact) mass is 163 g/mol. The van der Waals surface area contributed by atoms with Crippen molar-refractivity contribution in [3.8, 4) is 0 Å². The predicted molar refractivity (Wildman–Crippen MR) is 43.3 cm³/mol. The van der Waals surface area contributed by atoms with Crippen molar-refractivity contribution in [3.63, 3.8) is 0 Å². The summed E-state index contributed by atoms with van der Waals surface area (Å²) < 4.78 is 4.74. The van der Waals surface area contributed by atoms with E-state index in [9.17, 15) is 4.79 Å². The highest BCUT2D eigenvalue weighted by Gasteiger charge is 2.14. The molecule has 0 aromatic heterocycles. The Bertz CT molecular complexity index is 104. The molecular formula is C6H13NO2S. The van der Waals surface area contributed by atoms with Gasteiger partial charge in [0.25, 0.3) is 0 Å². The predicted octanol–water partition coefficient (Wildman–Crippen LogP) is 0.0673. The number of thiol groups is 1. The Morgan fingerprint density at radius 2 is 2.40 bits per heavy atom. The summed E-state index contributed by atoms with van der Waals surface area (Å²) in [4.78, 5) is 10.9. The summed E-state index contributed by atoms with van der Waals surface area (Å²) in [6, 6.07) is -0.275. The molecule has 0 aromatic carbocycles. The van der Waals surface area contributed by atoms with Crippen LogP contribution in [0.4, 0.5) is 0 Å². The number of carbonyl (C=O) groups is 1. The van der Waals surface area contributed by atoms with Crippen molar-refractivity contribution in [1.29, 1.82) is 0 Å². The molecule has 0 bridgehead atoms. The van der Waals surface area contributed by atoms with Crippen molar-refractivity contribution >= 4 is 18.6 Å². The van der Waals surface area contributed by atoms with Gasteiger partial charge in [0, 0.05) is 5.75 Å². The van der Waals surface area contributed by atoms with Gasteiger partial charge < -0.3 is 10.1 Å². The Balaban J connectivity index is 3.65. The maximum absolute atomic E-state index is 10.9. The van der Waals surface area contributed by atoms with Gasteiger partial charge in [0.2, 0.25) is 0 Å². The first-order valence-electron chi connectivity index (χ1n) is 3.21. The van der Waals surface area contributed by atoms with Crippen LogP contribution in [-0.2, 0) is 9.53 Å². The number of esters is 1. The van der Waals surface area contributed by atoms with Gasteiger partial charge in [-0.05, 0) is 14.0 Å². The van der Waals surface area contributed by atoms with Gasteiger partial charge in [-0.15, -0.1) is 0 Å². The van der Waals surface area contributed by atoms with Gasteiger partial charge in [-0.1, -0.05) is 0 Å². The van der Waals surface area contributed by atoms with Crippen LogP contribution < -0.4 is 5.32 Å². The lowest BCUT2D eigenvalue weighted by molar-refractivity contribution is -0.144. The second kappa shape index (κ2) is 5.56. The summed E-state index contributed by atoms with van der Waals surface area (Å²) >= 11 is 3.96. The molecule has 0 rings (SSSR count). The number of carbonyl (C=O) groups excluding carboxylic acids is 1. The van der Waals surface area contributed by atoms with E-state index in [2.05, 4.69) is 17.9 Å². The molecule has 0 fully saturated rings. The molecule has 0 spiro atoms. The van der Waals surface area contributed by atoms with Crippen LogP contribution >= 0.6 is 12.6 Å². The Morgan fingerprint density at radius 1 is 1.80 bits per heavy atom. The lowest BCUT2D eigenvalue weighted by Crippen LogP contribution is -2.37. The van der Waals surface area contributed by atoms with E-state index in [1.807, 2.05) is 0 Å². The minimum atomic E-state index is -0.275. The first-order valence-corrected chi connectivity index (χ1v) is 3.84. The molecule has 0 amide bonds. The molecule has 0 radical (unpaired) electrons. The smallest absolute Gasteiger partial charge is 0.323 e. The third kappa shape index (κ3) is 3.08. The molecular weight excluding hydrogens is 150 g/mol. The van der Waals surface area contributed by atoms with Crippen molar-refractivity contribution in [3.05, 3.63) is 0 Å². The van der Waals surface area contributed by atoms with E-state index < -0.39 is 0 Å². The molecule has 0 aliphatic carbocycles. The average Bonchev–Trinajstić information content (AvgIpc) is 1.91. The summed E-state index contributed by atoms with van der Waals surface area (Å²) in [7, 11) is 1.71. The van der Waals surface area contributed by atoms with Gasteiger partial charge in [0.05, 0.1) is 6.61 Å². The van der Waals surface area contributed by atoms with Gasteiger partial charge in [0.1, 0.15) is 6.04 Å². The van der Waals surface area contributed by atoms with Crippen LogP contribution in [0.2, 0.25) is 0 Å². The van der Waals surface area contributed by atoms with Crippen molar-refractivity contribution < 1.29 is 9.53 Å². The second-order valence-electron chi connectivity index (χ2n) is 1.78. The Hall–Kier alpha value is -0.220. The first kappa shape index (κ1) is 9.78. The number of hydrogen-bond acceptors (Lipinski definition) is 4. The fourth-order valence-corrected chi connectivity index (χ4v) is 0.858. The van der Waals surface area contributed by atoms with Crippen LogP contribution in [0.5, 0.6) is 0 Å². The largest absolute Gasteiger partial charge is 0.465 e. The standard InChI is InChI=1S/C6H13NO2S/c1-3-9-6(8)5(4-10)7-2/h5,7,10H,3-4H2,1-2H3/t5-/m0/s1. The minimum Gasteiger partial charge on any atom is -0.465 e. The maximum Gasteiger partial charge on any atom is 0.323 e. The highest BCUT2D eigenvalue weighted by atomic mass is 32.1. The van der Waals surface area contributed by atoms with Crippen molar-refractivity contribution in [1.82, 2.24) is 5.32 Å². The number of likely N-dealkylation sites (N-methyl/N-ethyl adjacent to an activating group) is 1. The molecule has 1 N–H and O–H groups in total. The van der Waals surface area contributed by atoms with E-state index in [1.54, 1.807) is 14.0 Å². The highest BCUT2D eigenvalue weighted by molar-refractivity contribution is 7.80. The zero-order valence-electron chi connectivity index (χ0n) is 6.26.